The number of hydrogen-bond acceptors (Lipinski definition) is 7. The van der Waals surface area contributed by atoms with E-state index in [1.165, 1.54) is 17.7 Å². The summed E-state index contributed by atoms with van der Waals surface area (Å²) in [5.74, 6) is 0.641. The van der Waals surface area contributed by atoms with Crippen molar-refractivity contribution in [1.29, 1.82) is 0 Å². The predicted molar refractivity (Wildman–Crippen MR) is 118 cm³/mol. The summed E-state index contributed by atoms with van der Waals surface area (Å²) >= 11 is 1.52. The Hall–Kier alpha value is -3.66. The molecule has 10 heteroatoms. The summed E-state index contributed by atoms with van der Waals surface area (Å²) < 4.78 is 8.12. The summed E-state index contributed by atoms with van der Waals surface area (Å²) in [7, 11) is 1.64. The number of carbonyl (C=O) groups excluding carboxylic acids is 2. The molecule has 4 heterocycles. The first-order chi connectivity index (χ1) is 15.0. The molecule has 0 bridgehead atoms. The molecule has 4 aromatic rings. The molecule has 0 unspecified atom stereocenters. The molecular formula is C21H20N6O3S. The van der Waals surface area contributed by atoms with Gasteiger partial charge >= 0.3 is 0 Å². The van der Waals surface area contributed by atoms with Crippen molar-refractivity contribution in [2.75, 3.05) is 32.5 Å². The molecule has 31 heavy (non-hydrogen) atoms. The van der Waals surface area contributed by atoms with Gasteiger partial charge < -0.3 is 20.7 Å². The van der Waals surface area contributed by atoms with Crippen LogP contribution in [0.2, 0.25) is 0 Å². The zero-order valence-corrected chi connectivity index (χ0v) is 17.8. The fourth-order valence-corrected chi connectivity index (χ4v) is 5.16. The summed E-state index contributed by atoms with van der Waals surface area (Å²) in [5, 5.41) is 8.01. The Morgan fingerprint density at radius 2 is 2.16 bits per heavy atom. The maximum Gasteiger partial charge on any atom is 0.256 e. The predicted octanol–water partition coefficient (Wildman–Crippen LogP) is 2.08. The minimum atomic E-state index is -0.240. The molecule has 0 spiro atoms. The quantitative estimate of drug-likeness (QED) is 0.508. The standard InChI is InChI=1S/C21H20N6O3S/c1-11-5-12-7-15(31-19(12)14(6-11)30-2)17-13(8-27-18(17)20(22)24-10-25-27)21(29)26-4-3-23-16(28)9-26/h5-8,10H,3-4,9H2,1-2H3,(H,23,28)(H2,22,24,25). The highest BCUT2D eigenvalue weighted by atomic mass is 32.1. The molecule has 3 aromatic heterocycles. The van der Waals surface area contributed by atoms with Crippen LogP contribution in [0.5, 0.6) is 5.75 Å². The molecule has 1 aliphatic rings. The number of benzene rings is 1. The Kier molecular flexibility index (Phi) is 4.51. The number of thiophene rings is 1. The molecular weight excluding hydrogens is 416 g/mol. The van der Waals surface area contributed by atoms with Crippen molar-refractivity contribution < 1.29 is 14.3 Å². The maximum atomic E-state index is 13.4. The smallest absolute Gasteiger partial charge is 0.256 e. The number of hydrogen-bond donors (Lipinski definition) is 2. The van der Waals surface area contributed by atoms with Gasteiger partial charge in [0.1, 0.15) is 17.6 Å². The van der Waals surface area contributed by atoms with Gasteiger partial charge in [0, 0.05) is 29.7 Å². The number of aromatic nitrogens is 3. The van der Waals surface area contributed by atoms with E-state index in [4.69, 9.17) is 10.5 Å². The minimum Gasteiger partial charge on any atom is -0.495 e. The molecule has 0 radical (unpaired) electrons. The van der Waals surface area contributed by atoms with E-state index in [1.807, 2.05) is 19.1 Å². The van der Waals surface area contributed by atoms with Gasteiger partial charge in [0.05, 0.1) is 23.9 Å². The number of amides is 2. The number of piperazine rings is 1. The van der Waals surface area contributed by atoms with Crippen LogP contribution in [0.15, 0.2) is 30.7 Å². The number of nitrogen functional groups attached to an aromatic ring is 1. The highest BCUT2D eigenvalue weighted by molar-refractivity contribution is 7.22. The van der Waals surface area contributed by atoms with E-state index in [9.17, 15) is 9.59 Å². The van der Waals surface area contributed by atoms with Crippen LogP contribution in [0.25, 0.3) is 26.0 Å². The van der Waals surface area contributed by atoms with Gasteiger partial charge in [-0.2, -0.15) is 5.10 Å². The van der Waals surface area contributed by atoms with E-state index < -0.39 is 0 Å². The van der Waals surface area contributed by atoms with Gasteiger partial charge in [0.25, 0.3) is 5.91 Å². The highest BCUT2D eigenvalue weighted by Gasteiger charge is 2.29. The average Bonchev–Trinajstić information content (AvgIpc) is 3.34. The highest BCUT2D eigenvalue weighted by Crippen LogP contribution is 2.43. The molecule has 5 rings (SSSR count). The Bertz CT molecular complexity index is 1360. The Morgan fingerprint density at radius 3 is 2.94 bits per heavy atom. The van der Waals surface area contributed by atoms with E-state index in [2.05, 4.69) is 21.5 Å². The summed E-state index contributed by atoms with van der Waals surface area (Å²) in [5.41, 5.74) is 8.94. The van der Waals surface area contributed by atoms with Crippen molar-refractivity contribution in [3.05, 3.63) is 41.9 Å². The monoisotopic (exact) mass is 436 g/mol. The van der Waals surface area contributed by atoms with Gasteiger partial charge in [-0.05, 0) is 30.0 Å². The molecule has 2 amide bonds. The molecule has 1 aromatic carbocycles. The second-order valence-electron chi connectivity index (χ2n) is 7.43. The topological polar surface area (TPSA) is 115 Å². The lowest BCUT2D eigenvalue weighted by Crippen LogP contribution is -2.50. The normalized spacial score (nSPS) is 14.3. The number of anilines is 1. The number of ether oxygens (including phenoxy) is 1. The van der Waals surface area contributed by atoms with Crippen molar-refractivity contribution in [2.45, 2.75) is 6.92 Å². The van der Waals surface area contributed by atoms with Crippen molar-refractivity contribution in [2.24, 2.45) is 0 Å². The van der Waals surface area contributed by atoms with E-state index in [0.29, 0.717) is 29.7 Å². The van der Waals surface area contributed by atoms with Crippen LogP contribution >= 0.6 is 11.3 Å². The maximum absolute atomic E-state index is 13.4. The van der Waals surface area contributed by atoms with E-state index in [0.717, 1.165) is 26.3 Å². The lowest BCUT2D eigenvalue weighted by atomic mass is 10.1. The van der Waals surface area contributed by atoms with Gasteiger partial charge in [0.15, 0.2) is 5.82 Å². The summed E-state index contributed by atoms with van der Waals surface area (Å²) in [6.07, 6.45) is 3.01. The van der Waals surface area contributed by atoms with Crippen LogP contribution in [-0.4, -0.2) is 58.1 Å². The van der Waals surface area contributed by atoms with Gasteiger partial charge in [-0.15, -0.1) is 11.3 Å². The second kappa shape index (κ2) is 7.24. The summed E-state index contributed by atoms with van der Waals surface area (Å²) in [4.78, 5) is 31.8. The van der Waals surface area contributed by atoms with Crippen LogP contribution in [0.4, 0.5) is 5.82 Å². The third kappa shape index (κ3) is 3.15. The van der Waals surface area contributed by atoms with Gasteiger partial charge in [-0.1, -0.05) is 6.07 Å². The molecule has 9 nitrogen and oxygen atoms in total. The molecule has 1 fully saturated rings. The number of nitrogens with two attached hydrogens (primary N) is 1. The fraction of sp³-hybridized carbons (Fsp3) is 0.238. The van der Waals surface area contributed by atoms with Crippen molar-refractivity contribution in [1.82, 2.24) is 24.8 Å². The van der Waals surface area contributed by atoms with Crippen molar-refractivity contribution >= 4 is 44.6 Å². The van der Waals surface area contributed by atoms with Crippen molar-refractivity contribution in [3.63, 3.8) is 0 Å². The van der Waals surface area contributed by atoms with Crippen LogP contribution in [0, 0.1) is 6.92 Å². The fourth-order valence-electron chi connectivity index (χ4n) is 3.97. The van der Waals surface area contributed by atoms with Crippen LogP contribution in [-0.2, 0) is 4.79 Å². The van der Waals surface area contributed by atoms with Gasteiger partial charge in [-0.3, -0.25) is 9.59 Å². The van der Waals surface area contributed by atoms with Crippen LogP contribution in [0.3, 0.4) is 0 Å². The molecule has 0 atom stereocenters. The molecule has 158 valence electrons. The average molecular weight is 436 g/mol. The SMILES string of the molecule is COc1cc(C)cc2cc(-c3c(C(=O)N4CCNC(=O)C4)cn4ncnc(N)c34)sc12. The van der Waals surface area contributed by atoms with E-state index in [-0.39, 0.29) is 24.2 Å². The summed E-state index contributed by atoms with van der Waals surface area (Å²) in [6, 6.07) is 6.08. The Balaban J connectivity index is 1.74. The first kappa shape index (κ1) is 19.3. The first-order valence-corrected chi connectivity index (χ1v) is 10.5. The lowest BCUT2D eigenvalue weighted by Gasteiger charge is -2.26. The number of nitrogens with one attached hydrogen (secondary N) is 1. The number of rotatable bonds is 3. The minimum absolute atomic E-state index is 0.0189. The number of methoxy groups -OCH3 is 1. The number of aryl methyl sites for hydroxylation is 1. The summed E-state index contributed by atoms with van der Waals surface area (Å²) in [6.45, 7) is 2.89. The number of nitrogens with zero attached hydrogens (tertiary/aromatic N) is 4. The number of fused-ring (bicyclic) bond motifs is 2. The Labute approximate surface area is 181 Å². The lowest BCUT2D eigenvalue weighted by molar-refractivity contribution is -0.123. The molecule has 3 N–H and O–H groups in total. The Morgan fingerprint density at radius 1 is 1.32 bits per heavy atom. The first-order valence-electron chi connectivity index (χ1n) is 9.72. The van der Waals surface area contributed by atoms with Crippen molar-refractivity contribution in [3.8, 4) is 16.2 Å². The van der Waals surface area contributed by atoms with E-state index >= 15 is 0 Å². The van der Waals surface area contributed by atoms with Crippen LogP contribution in [0.1, 0.15) is 15.9 Å². The third-order valence-corrected chi connectivity index (χ3v) is 6.53. The van der Waals surface area contributed by atoms with Crippen LogP contribution < -0.4 is 15.8 Å². The second-order valence-corrected chi connectivity index (χ2v) is 8.48. The zero-order chi connectivity index (χ0) is 21.7. The molecule has 1 aliphatic heterocycles. The molecule has 0 saturated carbocycles. The van der Waals surface area contributed by atoms with E-state index in [1.54, 1.807) is 22.7 Å². The third-order valence-electron chi connectivity index (χ3n) is 5.35. The van der Waals surface area contributed by atoms with Gasteiger partial charge in [-0.25, -0.2) is 9.50 Å². The largest absolute Gasteiger partial charge is 0.495 e. The zero-order valence-electron chi connectivity index (χ0n) is 17.0. The molecule has 0 aliphatic carbocycles. The van der Waals surface area contributed by atoms with Gasteiger partial charge in [0.2, 0.25) is 5.91 Å². The molecule has 1 saturated heterocycles. The number of carbonyl (C=O) groups is 2.